The van der Waals surface area contributed by atoms with Crippen LogP contribution in [-0.4, -0.2) is 24.7 Å². The first-order valence-corrected chi connectivity index (χ1v) is 5.30. The van der Waals surface area contributed by atoms with Gasteiger partial charge in [-0.3, -0.25) is 4.79 Å². The molecule has 1 fully saturated rings. The Morgan fingerprint density at radius 2 is 2.19 bits per heavy atom. The molecule has 1 aromatic rings. The Bertz CT molecular complexity index is 455. The summed E-state index contributed by atoms with van der Waals surface area (Å²) in [6, 6.07) is 4.23. The molecule has 5 heteroatoms. The van der Waals surface area contributed by atoms with Gasteiger partial charge < -0.3 is 16.0 Å². The van der Waals surface area contributed by atoms with E-state index in [9.17, 15) is 9.18 Å². The van der Waals surface area contributed by atoms with Crippen molar-refractivity contribution in [1.82, 2.24) is 10.6 Å². The van der Waals surface area contributed by atoms with Crippen LogP contribution < -0.4 is 16.0 Å². The van der Waals surface area contributed by atoms with Crippen LogP contribution in [0, 0.1) is 5.82 Å². The van der Waals surface area contributed by atoms with Gasteiger partial charge in [-0.1, -0.05) is 0 Å². The summed E-state index contributed by atoms with van der Waals surface area (Å²) in [6.07, 6.45) is 0.829. The zero-order chi connectivity index (χ0) is 11.2. The number of halogens is 1. The van der Waals surface area contributed by atoms with Gasteiger partial charge in [-0.2, -0.15) is 0 Å². The second-order valence-electron chi connectivity index (χ2n) is 4.28. The molecule has 0 radical (unpaired) electrons. The van der Waals surface area contributed by atoms with Gasteiger partial charge in [0, 0.05) is 18.7 Å². The minimum atomic E-state index is -0.401. The smallest absolute Gasteiger partial charge is 0.255 e. The van der Waals surface area contributed by atoms with Gasteiger partial charge in [-0.15, -0.1) is 0 Å². The van der Waals surface area contributed by atoms with Gasteiger partial charge in [0.1, 0.15) is 11.5 Å². The number of anilines is 1. The Labute approximate surface area is 92.2 Å². The van der Waals surface area contributed by atoms with Crippen LogP contribution in [0.3, 0.4) is 0 Å². The van der Waals surface area contributed by atoms with Crippen molar-refractivity contribution in [2.75, 3.05) is 18.4 Å². The second-order valence-corrected chi connectivity index (χ2v) is 4.28. The standard InChI is InChI=1S/C11H12FN3O/c12-7-1-2-9-8(5-7)10(16)15-11(14-9)3-4-13-6-11/h1-2,5,13-14H,3-4,6H2,(H,15,16). The third-order valence-corrected chi connectivity index (χ3v) is 3.11. The van der Waals surface area contributed by atoms with Crippen LogP contribution in [0.15, 0.2) is 18.2 Å². The Morgan fingerprint density at radius 3 is 2.94 bits per heavy atom. The van der Waals surface area contributed by atoms with Crippen molar-refractivity contribution >= 4 is 11.6 Å². The molecule has 3 N–H and O–H groups in total. The Kier molecular flexibility index (Phi) is 1.91. The van der Waals surface area contributed by atoms with Crippen LogP contribution in [-0.2, 0) is 0 Å². The largest absolute Gasteiger partial charge is 0.361 e. The molecule has 1 atom stereocenters. The van der Waals surface area contributed by atoms with Crippen LogP contribution in [0.1, 0.15) is 16.8 Å². The van der Waals surface area contributed by atoms with E-state index in [2.05, 4.69) is 16.0 Å². The second kappa shape index (κ2) is 3.18. The van der Waals surface area contributed by atoms with Crippen LogP contribution in [0.2, 0.25) is 0 Å². The molecule has 84 valence electrons. The number of carbonyl (C=O) groups is 1. The van der Waals surface area contributed by atoms with Crippen molar-refractivity contribution in [2.45, 2.75) is 12.1 Å². The maximum absolute atomic E-state index is 13.0. The monoisotopic (exact) mass is 221 g/mol. The highest BCUT2D eigenvalue weighted by Gasteiger charge is 2.39. The van der Waals surface area contributed by atoms with Crippen LogP contribution >= 0.6 is 0 Å². The third-order valence-electron chi connectivity index (χ3n) is 3.11. The Balaban J connectivity index is 2.02. The molecule has 2 heterocycles. The van der Waals surface area contributed by atoms with E-state index in [1.165, 1.54) is 12.1 Å². The number of carbonyl (C=O) groups excluding carboxylic acids is 1. The summed E-state index contributed by atoms with van der Waals surface area (Å²) >= 11 is 0. The van der Waals surface area contributed by atoms with E-state index in [0.717, 1.165) is 13.0 Å². The van der Waals surface area contributed by atoms with E-state index in [-0.39, 0.29) is 5.91 Å². The molecule has 1 amide bonds. The van der Waals surface area contributed by atoms with E-state index in [0.29, 0.717) is 17.8 Å². The van der Waals surface area contributed by atoms with E-state index in [4.69, 9.17) is 0 Å². The molecule has 0 bridgehead atoms. The van der Waals surface area contributed by atoms with E-state index >= 15 is 0 Å². The predicted molar refractivity (Wildman–Crippen MR) is 57.7 cm³/mol. The van der Waals surface area contributed by atoms with Crippen molar-refractivity contribution < 1.29 is 9.18 Å². The van der Waals surface area contributed by atoms with Crippen molar-refractivity contribution in [3.05, 3.63) is 29.6 Å². The number of hydrogen-bond donors (Lipinski definition) is 3. The summed E-state index contributed by atoms with van der Waals surface area (Å²) in [5, 5.41) is 9.36. The average Bonchev–Trinajstić information content (AvgIpc) is 2.68. The maximum atomic E-state index is 13.0. The summed E-state index contributed by atoms with van der Waals surface area (Å²) in [4.78, 5) is 11.9. The first-order valence-electron chi connectivity index (χ1n) is 5.30. The lowest BCUT2D eigenvalue weighted by Gasteiger charge is -2.36. The molecule has 0 aromatic heterocycles. The van der Waals surface area contributed by atoms with Crippen LogP contribution in [0.5, 0.6) is 0 Å². The van der Waals surface area contributed by atoms with Gasteiger partial charge in [0.2, 0.25) is 0 Å². The van der Waals surface area contributed by atoms with Crippen LogP contribution in [0.25, 0.3) is 0 Å². The van der Waals surface area contributed by atoms with Gasteiger partial charge in [0.25, 0.3) is 5.91 Å². The first-order chi connectivity index (χ1) is 7.69. The van der Waals surface area contributed by atoms with Gasteiger partial charge >= 0.3 is 0 Å². The van der Waals surface area contributed by atoms with Gasteiger partial charge in [0.05, 0.1) is 5.56 Å². The number of fused-ring (bicyclic) bond motifs is 1. The molecule has 1 unspecified atom stereocenters. The zero-order valence-electron chi connectivity index (χ0n) is 8.64. The lowest BCUT2D eigenvalue weighted by atomic mass is 10.0. The minimum Gasteiger partial charge on any atom is -0.361 e. The Morgan fingerprint density at radius 1 is 1.31 bits per heavy atom. The molecule has 4 nitrogen and oxygen atoms in total. The Hall–Kier alpha value is -1.62. The van der Waals surface area contributed by atoms with E-state index < -0.39 is 11.5 Å². The highest BCUT2D eigenvalue weighted by Crippen LogP contribution is 2.28. The fourth-order valence-corrected chi connectivity index (χ4v) is 2.29. The molecular weight excluding hydrogens is 209 g/mol. The van der Waals surface area contributed by atoms with E-state index in [1.807, 2.05) is 0 Å². The quantitative estimate of drug-likeness (QED) is 0.603. The summed E-state index contributed by atoms with van der Waals surface area (Å²) < 4.78 is 13.0. The molecule has 16 heavy (non-hydrogen) atoms. The van der Waals surface area contributed by atoms with Crippen molar-refractivity contribution in [3.8, 4) is 0 Å². The van der Waals surface area contributed by atoms with E-state index in [1.54, 1.807) is 6.07 Å². The average molecular weight is 221 g/mol. The van der Waals surface area contributed by atoms with Crippen LogP contribution in [0.4, 0.5) is 10.1 Å². The minimum absolute atomic E-state index is 0.211. The molecule has 3 rings (SSSR count). The summed E-state index contributed by atoms with van der Waals surface area (Å²) in [5.74, 6) is -0.604. The number of nitrogens with one attached hydrogen (secondary N) is 3. The number of hydrogen-bond acceptors (Lipinski definition) is 3. The van der Waals surface area contributed by atoms with Crippen molar-refractivity contribution in [3.63, 3.8) is 0 Å². The normalized spacial score (nSPS) is 27.4. The van der Waals surface area contributed by atoms with Gasteiger partial charge in [0.15, 0.2) is 0 Å². The van der Waals surface area contributed by atoms with Gasteiger partial charge in [-0.25, -0.2) is 4.39 Å². The summed E-state index contributed by atoms with van der Waals surface area (Å²) in [7, 11) is 0. The highest BCUT2D eigenvalue weighted by atomic mass is 19.1. The first kappa shape index (κ1) is 9.59. The molecule has 1 spiro atoms. The summed E-state index contributed by atoms with van der Waals surface area (Å²) in [5.41, 5.74) is 0.674. The fourth-order valence-electron chi connectivity index (χ4n) is 2.29. The molecule has 2 aliphatic heterocycles. The van der Waals surface area contributed by atoms with Crippen molar-refractivity contribution in [1.29, 1.82) is 0 Å². The lowest BCUT2D eigenvalue weighted by molar-refractivity contribution is 0.0907. The highest BCUT2D eigenvalue weighted by molar-refractivity contribution is 6.02. The fraction of sp³-hybridized carbons (Fsp3) is 0.364. The molecule has 2 aliphatic rings. The number of benzene rings is 1. The maximum Gasteiger partial charge on any atom is 0.255 e. The molecule has 0 saturated carbocycles. The molecule has 1 aromatic carbocycles. The molecular formula is C11H12FN3O. The lowest BCUT2D eigenvalue weighted by Crippen LogP contribution is -2.58. The topological polar surface area (TPSA) is 53.2 Å². The van der Waals surface area contributed by atoms with Crippen molar-refractivity contribution in [2.24, 2.45) is 0 Å². The number of amides is 1. The third kappa shape index (κ3) is 1.36. The molecule has 1 saturated heterocycles. The predicted octanol–water partition coefficient (Wildman–Crippen LogP) is 0.671. The zero-order valence-corrected chi connectivity index (χ0v) is 8.64. The SMILES string of the molecule is O=C1NC2(CCNC2)Nc2ccc(F)cc21. The summed E-state index contributed by atoms with van der Waals surface area (Å²) in [6.45, 7) is 1.55. The van der Waals surface area contributed by atoms with Gasteiger partial charge in [-0.05, 0) is 24.7 Å². The number of rotatable bonds is 0. The molecule has 0 aliphatic carbocycles.